The van der Waals surface area contributed by atoms with Crippen LogP contribution in [0.5, 0.6) is 28.7 Å². The number of phenolic OH excluding ortho intramolecular Hbond substituents is 4. The number of fused-ring (bicyclic) bond motifs is 1. The van der Waals surface area contributed by atoms with E-state index in [9.17, 15) is 60.7 Å². The number of carbonyl (C=O) groups is 1. The van der Waals surface area contributed by atoms with Crippen LogP contribution in [0, 0.1) is 5.92 Å². The Hall–Kier alpha value is -4.24. The summed E-state index contributed by atoms with van der Waals surface area (Å²) in [5.74, 6) is -6.19. The highest BCUT2D eigenvalue weighted by Crippen LogP contribution is 2.39. The van der Waals surface area contributed by atoms with Crippen molar-refractivity contribution in [3.63, 3.8) is 0 Å². The van der Waals surface area contributed by atoms with Crippen molar-refractivity contribution < 1.29 is 84.0 Å². The number of aromatic hydroxyl groups is 4. The van der Waals surface area contributed by atoms with Gasteiger partial charge in [0.25, 0.3) is 0 Å². The van der Waals surface area contributed by atoms with Gasteiger partial charge in [-0.2, -0.15) is 0 Å². The molecule has 2 saturated heterocycles. The lowest BCUT2D eigenvalue weighted by Gasteiger charge is -2.43. The number of carbonyl (C=O) groups excluding carboxylic acids is 1. The van der Waals surface area contributed by atoms with Crippen LogP contribution in [0.1, 0.15) is 0 Å². The Bertz CT molecular complexity index is 1670. The van der Waals surface area contributed by atoms with E-state index in [1.807, 2.05) is 0 Å². The van der Waals surface area contributed by atoms with Gasteiger partial charge in [0.1, 0.15) is 71.1 Å². The van der Waals surface area contributed by atoms with Crippen molar-refractivity contribution >= 4 is 16.9 Å². The third kappa shape index (κ3) is 6.38. The zero-order chi connectivity index (χ0) is 34.3. The second kappa shape index (κ2) is 13.5. The normalized spacial score (nSPS) is 31.0. The molecule has 10 N–H and O–H groups in total. The zero-order valence-electron chi connectivity index (χ0n) is 24.3. The SMILES string of the molecule is COC(=O)[C@H]1[C@H](OC[C@H]2O[C@@H](Oc3c(-c4ccc(O)c(O)c4)oc4cc(O)cc(O)c4c3=O)[C@H](O)[C@@H](O)[C@H]2O)O[C@H](CO)[C@@H](O)[C@@H]1O. The number of hydrogen-bond acceptors (Lipinski definition) is 18. The number of aliphatic hydroxyl groups is 6. The van der Waals surface area contributed by atoms with E-state index in [0.717, 1.165) is 31.4 Å². The van der Waals surface area contributed by atoms with Crippen LogP contribution >= 0.6 is 0 Å². The molecule has 0 aliphatic carbocycles. The Morgan fingerprint density at radius 1 is 0.809 bits per heavy atom. The Labute approximate surface area is 263 Å². The van der Waals surface area contributed by atoms with E-state index in [4.69, 9.17) is 23.4 Å². The molecule has 3 heterocycles. The fraction of sp³-hybridized carbons (Fsp3) is 0.448. The van der Waals surface area contributed by atoms with E-state index in [1.165, 1.54) is 6.07 Å². The summed E-state index contributed by atoms with van der Waals surface area (Å²) < 4.78 is 32.7. The maximum Gasteiger partial charge on any atom is 0.316 e. The zero-order valence-corrected chi connectivity index (χ0v) is 24.3. The minimum atomic E-state index is -2.03. The number of methoxy groups -OCH3 is 1. The first-order valence-electron chi connectivity index (χ1n) is 14.0. The number of esters is 1. The lowest BCUT2D eigenvalue weighted by molar-refractivity contribution is -0.313. The van der Waals surface area contributed by atoms with E-state index < -0.39 is 126 Å². The maximum atomic E-state index is 13.7. The molecule has 0 saturated carbocycles. The number of rotatable bonds is 8. The van der Waals surface area contributed by atoms with Crippen molar-refractivity contribution in [3.8, 4) is 40.1 Å². The van der Waals surface area contributed by atoms with Crippen molar-refractivity contribution in [2.45, 2.75) is 55.3 Å². The van der Waals surface area contributed by atoms with Gasteiger partial charge in [0.15, 0.2) is 23.5 Å². The number of ether oxygens (including phenoxy) is 5. The first kappa shape index (κ1) is 34.1. The van der Waals surface area contributed by atoms with Crippen molar-refractivity contribution in [1.82, 2.24) is 0 Å². The molecule has 0 bridgehead atoms. The highest BCUT2D eigenvalue weighted by molar-refractivity contribution is 5.88. The number of hydrogen-bond donors (Lipinski definition) is 10. The molecule has 18 nitrogen and oxygen atoms in total. The van der Waals surface area contributed by atoms with Gasteiger partial charge in [-0.25, -0.2) is 0 Å². The van der Waals surface area contributed by atoms with Crippen LogP contribution in [0.25, 0.3) is 22.3 Å². The average molecular weight is 669 g/mol. The van der Waals surface area contributed by atoms with Gasteiger partial charge in [-0.05, 0) is 18.2 Å². The molecule has 18 heteroatoms. The van der Waals surface area contributed by atoms with Gasteiger partial charge in [0.2, 0.25) is 17.5 Å². The molecule has 3 aromatic rings. The van der Waals surface area contributed by atoms with Crippen LogP contribution in [0.4, 0.5) is 0 Å². The summed E-state index contributed by atoms with van der Waals surface area (Å²) in [6.07, 6.45) is -16.0. The van der Waals surface area contributed by atoms with E-state index in [2.05, 4.69) is 4.74 Å². The van der Waals surface area contributed by atoms with Gasteiger partial charge >= 0.3 is 5.97 Å². The third-order valence-electron chi connectivity index (χ3n) is 7.84. The van der Waals surface area contributed by atoms with Crippen molar-refractivity contribution in [1.29, 1.82) is 0 Å². The number of phenols is 4. The minimum absolute atomic E-state index is 0.0645. The topological polar surface area (TPSA) is 296 Å². The molecule has 47 heavy (non-hydrogen) atoms. The molecule has 0 amide bonds. The van der Waals surface area contributed by atoms with Crippen molar-refractivity contribution in [3.05, 3.63) is 40.6 Å². The Morgan fingerprint density at radius 2 is 1.49 bits per heavy atom. The molecule has 1 aromatic heterocycles. The van der Waals surface area contributed by atoms with Crippen LogP contribution in [0.2, 0.25) is 0 Å². The van der Waals surface area contributed by atoms with Crippen LogP contribution in [-0.2, 0) is 23.7 Å². The summed E-state index contributed by atoms with van der Waals surface area (Å²) >= 11 is 0. The maximum absolute atomic E-state index is 13.7. The van der Waals surface area contributed by atoms with Crippen molar-refractivity contribution in [2.24, 2.45) is 5.92 Å². The van der Waals surface area contributed by atoms with Crippen LogP contribution in [0.3, 0.4) is 0 Å². The highest BCUT2D eigenvalue weighted by Gasteiger charge is 2.51. The summed E-state index contributed by atoms with van der Waals surface area (Å²) in [5.41, 5.74) is -1.45. The fourth-order valence-corrected chi connectivity index (χ4v) is 5.30. The summed E-state index contributed by atoms with van der Waals surface area (Å²) in [6, 6.07) is 5.13. The van der Waals surface area contributed by atoms with Crippen LogP contribution < -0.4 is 10.2 Å². The monoisotopic (exact) mass is 668 g/mol. The minimum Gasteiger partial charge on any atom is -0.508 e. The second-order valence-corrected chi connectivity index (χ2v) is 10.9. The molecule has 0 unspecified atom stereocenters. The first-order chi connectivity index (χ1) is 22.3. The average Bonchev–Trinajstić information content (AvgIpc) is 3.03. The van der Waals surface area contributed by atoms with E-state index in [-0.39, 0.29) is 11.1 Å². The molecular formula is C29H32O18. The standard InChI is InChI=1S/C29H32O18/c1-42-27(41)18-21(37)19(35)15(7-30)45-28(18)43-8-16-20(36)23(39)24(40)29(46-16)47-26-22(38)17-13(34)5-10(31)6-14(17)44-25(26)9-2-3-11(32)12(33)4-9/h2-6,15-16,18-21,23-24,28-37,39-40H,7-8H2,1H3/t15-,16-,18+,19-,20+,21-,23+,24-,28-,29+/m1/s1. The Balaban J connectivity index is 1.47. The van der Waals surface area contributed by atoms with Crippen molar-refractivity contribution in [2.75, 3.05) is 20.3 Å². The number of benzene rings is 2. The summed E-state index contributed by atoms with van der Waals surface area (Å²) in [6.45, 7) is -1.50. The van der Waals surface area contributed by atoms with E-state index in [0.29, 0.717) is 0 Å². The molecule has 2 aliphatic rings. The molecule has 2 fully saturated rings. The smallest absolute Gasteiger partial charge is 0.316 e. The van der Waals surface area contributed by atoms with Gasteiger partial charge in [0.05, 0.1) is 20.3 Å². The van der Waals surface area contributed by atoms with Gasteiger partial charge in [-0.3, -0.25) is 9.59 Å². The Kier molecular flexibility index (Phi) is 9.78. The lowest BCUT2D eigenvalue weighted by Crippen LogP contribution is -2.62. The molecule has 2 aromatic carbocycles. The predicted molar refractivity (Wildman–Crippen MR) is 151 cm³/mol. The predicted octanol–water partition coefficient (Wildman–Crippen LogP) is -2.29. The van der Waals surface area contributed by atoms with Crippen LogP contribution in [0.15, 0.2) is 39.5 Å². The molecule has 2 aliphatic heterocycles. The molecule has 0 radical (unpaired) electrons. The van der Waals surface area contributed by atoms with Gasteiger partial charge in [-0.1, -0.05) is 0 Å². The number of aliphatic hydroxyl groups excluding tert-OH is 6. The van der Waals surface area contributed by atoms with Gasteiger partial charge < -0.3 is 79.2 Å². The second-order valence-electron chi connectivity index (χ2n) is 10.9. The van der Waals surface area contributed by atoms with Gasteiger partial charge in [0, 0.05) is 17.7 Å². The Morgan fingerprint density at radius 3 is 2.15 bits per heavy atom. The largest absolute Gasteiger partial charge is 0.508 e. The quantitative estimate of drug-likeness (QED) is 0.0892. The molecule has 256 valence electrons. The third-order valence-corrected chi connectivity index (χ3v) is 7.84. The van der Waals surface area contributed by atoms with E-state index >= 15 is 0 Å². The first-order valence-corrected chi connectivity index (χ1v) is 14.0. The molecular weight excluding hydrogens is 636 g/mol. The fourth-order valence-electron chi connectivity index (χ4n) is 5.30. The lowest BCUT2D eigenvalue weighted by atomic mass is 9.91. The van der Waals surface area contributed by atoms with Crippen LogP contribution in [-0.4, -0.2) is 133 Å². The van der Waals surface area contributed by atoms with Gasteiger partial charge in [-0.15, -0.1) is 0 Å². The summed E-state index contributed by atoms with van der Waals surface area (Å²) in [5, 5.41) is 102. The molecule has 0 spiro atoms. The van der Waals surface area contributed by atoms with E-state index in [1.54, 1.807) is 0 Å². The highest BCUT2D eigenvalue weighted by atomic mass is 16.7. The summed E-state index contributed by atoms with van der Waals surface area (Å²) in [4.78, 5) is 26.0. The molecule has 5 rings (SSSR count). The molecule has 10 atom stereocenters. The summed E-state index contributed by atoms with van der Waals surface area (Å²) in [7, 11) is 1.00.